The second-order valence-electron chi connectivity index (χ2n) is 4.85. The number of nitrogens with one attached hydrogen (secondary N) is 2. The molecule has 112 valence electrons. The molecule has 21 heavy (non-hydrogen) atoms. The summed E-state index contributed by atoms with van der Waals surface area (Å²) in [6.45, 7) is 1.76. The standard InChI is InChI=1S/C14H16N2O4S/c1-8(2-5-13(18)19)15-14(20)9-3-4-11-10(6-9)16-12(17)7-21-11/h3-4,6,8H,2,5,7H2,1H3,(H,15,20)(H,16,17)(H,18,19). The molecular weight excluding hydrogens is 292 g/mol. The van der Waals surface area contributed by atoms with E-state index in [9.17, 15) is 14.4 Å². The molecule has 1 aromatic carbocycles. The van der Waals surface area contributed by atoms with Crippen LogP contribution < -0.4 is 10.6 Å². The zero-order valence-electron chi connectivity index (χ0n) is 11.5. The van der Waals surface area contributed by atoms with Crippen molar-refractivity contribution in [1.82, 2.24) is 5.32 Å². The molecule has 0 bridgehead atoms. The van der Waals surface area contributed by atoms with Crippen molar-refractivity contribution < 1.29 is 19.5 Å². The topological polar surface area (TPSA) is 95.5 Å². The Morgan fingerprint density at radius 3 is 2.95 bits per heavy atom. The summed E-state index contributed by atoms with van der Waals surface area (Å²) >= 11 is 1.43. The predicted octanol–water partition coefficient (Wildman–Crippen LogP) is 1.71. The van der Waals surface area contributed by atoms with E-state index in [4.69, 9.17) is 5.11 Å². The normalized spacial score (nSPS) is 14.8. The summed E-state index contributed by atoms with van der Waals surface area (Å²) in [5.41, 5.74) is 1.08. The SMILES string of the molecule is CC(CCC(=O)O)NC(=O)c1ccc2c(c1)NC(=O)CS2. The Kier molecular flexibility index (Phi) is 4.85. The van der Waals surface area contributed by atoms with Gasteiger partial charge in [0.2, 0.25) is 5.91 Å². The molecule has 7 heteroatoms. The second kappa shape index (κ2) is 6.62. The third-order valence-corrected chi connectivity index (χ3v) is 4.12. The molecule has 2 amide bonds. The van der Waals surface area contributed by atoms with Gasteiger partial charge in [0.15, 0.2) is 0 Å². The predicted molar refractivity (Wildman–Crippen MR) is 79.6 cm³/mol. The number of carboxylic acids is 1. The highest BCUT2D eigenvalue weighted by Crippen LogP contribution is 2.31. The Balaban J connectivity index is 2.01. The highest BCUT2D eigenvalue weighted by atomic mass is 32.2. The molecule has 3 N–H and O–H groups in total. The highest BCUT2D eigenvalue weighted by Gasteiger charge is 2.18. The van der Waals surface area contributed by atoms with Gasteiger partial charge in [-0.25, -0.2) is 0 Å². The van der Waals surface area contributed by atoms with Crippen molar-refractivity contribution in [3.63, 3.8) is 0 Å². The molecule has 1 aliphatic rings. The summed E-state index contributed by atoms with van der Waals surface area (Å²) in [5.74, 6) is -0.866. The van der Waals surface area contributed by atoms with Crippen molar-refractivity contribution >= 4 is 35.2 Å². The third kappa shape index (κ3) is 4.22. The molecule has 1 aromatic rings. The van der Waals surface area contributed by atoms with Gasteiger partial charge in [-0.1, -0.05) is 0 Å². The largest absolute Gasteiger partial charge is 0.481 e. The maximum Gasteiger partial charge on any atom is 0.303 e. The minimum Gasteiger partial charge on any atom is -0.481 e. The van der Waals surface area contributed by atoms with Gasteiger partial charge in [0, 0.05) is 22.9 Å². The molecule has 0 aromatic heterocycles. The number of aliphatic carboxylic acids is 1. The van der Waals surface area contributed by atoms with Crippen LogP contribution in [0.25, 0.3) is 0 Å². The minimum atomic E-state index is -0.885. The lowest BCUT2D eigenvalue weighted by molar-refractivity contribution is -0.137. The molecule has 1 unspecified atom stereocenters. The first kappa shape index (κ1) is 15.4. The first-order valence-electron chi connectivity index (χ1n) is 6.55. The van der Waals surface area contributed by atoms with Crippen molar-refractivity contribution in [2.45, 2.75) is 30.7 Å². The molecule has 0 radical (unpaired) electrons. The number of hydrogen-bond acceptors (Lipinski definition) is 4. The van der Waals surface area contributed by atoms with Crippen LogP contribution in [-0.4, -0.2) is 34.7 Å². The summed E-state index contributed by atoms with van der Waals surface area (Å²) in [4.78, 5) is 34.9. The van der Waals surface area contributed by atoms with E-state index >= 15 is 0 Å². The third-order valence-electron chi connectivity index (χ3n) is 3.04. The molecule has 1 heterocycles. The fourth-order valence-corrected chi connectivity index (χ4v) is 2.73. The van der Waals surface area contributed by atoms with Crippen LogP contribution in [0, 0.1) is 0 Å². The number of thioether (sulfide) groups is 1. The molecule has 0 saturated heterocycles. The van der Waals surface area contributed by atoms with Crippen LogP contribution in [-0.2, 0) is 9.59 Å². The van der Waals surface area contributed by atoms with E-state index in [-0.39, 0.29) is 24.3 Å². The van der Waals surface area contributed by atoms with Gasteiger partial charge in [-0.2, -0.15) is 0 Å². The number of carbonyl (C=O) groups excluding carboxylic acids is 2. The number of fused-ring (bicyclic) bond motifs is 1. The molecule has 0 aliphatic carbocycles. The highest BCUT2D eigenvalue weighted by molar-refractivity contribution is 8.00. The molecular formula is C14H16N2O4S. The fourth-order valence-electron chi connectivity index (χ4n) is 1.94. The fraction of sp³-hybridized carbons (Fsp3) is 0.357. The smallest absolute Gasteiger partial charge is 0.303 e. The quantitative estimate of drug-likeness (QED) is 0.769. The Bertz CT molecular complexity index is 588. The van der Waals surface area contributed by atoms with Crippen LogP contribution in [0.15, 0.2) is 23.1 Å². The zero-order valence-corrected chi connectivity index (χ0v) is 12.3. The molecule has 1 atom stereocenters. The van der Waals surface area contributed by atoms with Gasteiger partial charge in [-0.3, -0.25) is 14.4 Å². The molecule has 1 aliphatic heterocycles. The van der Waals surface area contributed by atoms with Gasteiger partial charge >= 0.3 is 5.97 Å². The van der Waals surface area contributed by atoms with E-state index in [0.717, 1.165) is 4.90 Å². The molecule has 6 nitrogen and oxygen atoms in total. The Morgan fingerprint density at radius 2 is 2.24 bits per heavy atom. The lowest BCUT2D eigenvalue weighted by Gasteiger charge is -2.18. The van der Waals surface area contributed by atoms with E-state index in [1.54, 1.807) is 25.1 Å². The lowest BCUT2D eigenvalue weighted by atomic mass is 10.1. The molecule has 0 fully saturated rings. The van der Waals surface area contributed by atoms with Crippen LogP contribution in [0.2, 0.25) is 0 Å². The van der Waals surface area contributed by atoms with Crippen LogP contribution in [0.4, 0.5) is 5.69 Å². The summed E-state index contributed by atoms with van der Waals surface area (Å²) in [6, 6.07) is 4.91. The van der Waals surface area contributed by atoms with Gasteiger partial charge in [-0.05, 0) is 31.5 Å². The minimum absolute atomic E-state index is 0.0122. The van der Waals surface area contributed by atoms with Crippen molar-refractivity contribution in [2.24, 2.45) is 0 Å². The van der Waals surface area contributed by atoms with Crippen LogP contribution in [0.3, 0.4) is 0 Å². The summed E-state index contributed by atoms with van der Waals surface area (Å²) in [7, 11) is 0. The molecule has 0 spiro atoms. The van der Waals surface area contributed by atoms with Crippen LogP contribution >= 0.6 is 11.8 Å². The Labute approximate surface area is 126 Å². The van der Waals surface area contributed by atoms with Gasteiger partial charge in [0.25, 0.3) is 5.91 Å². The van der Waals surface area contributed by atoms with Crippen LogP contribution in [0.1, 0.15) is 30.1 Å². The maximum absolute atomic E-state index is 12.1. The van der Waals surface area contributed by atoms with Gasteiger partial charge in [-0.15, -0.1) is 11.8 Å². The van der Waals surface area contributed by atoms with E-state index < -0.39 is 5.97 Å². The number of benzene rings is 1. The van der Waals surface area contributed by atoms with E-state index in [0.29, 0.717) is 23.4 Å². The second-order valence-corrected chi connectivity index (χ2v) is 5.87. The van der Waals surface area contributed by atoms with Crippen molar-refractivity contribution in [3.8, 4) is 0 Å². The average Bonchev–Trinajstić information content (AvgIpc) is 2.44. The van der Waals surface area contributed by atoms with Crippen molar-refractivity contribution in [3.05, 3.63) is 23.8 Å². The Hall–Kier alpha value is -2.02. The Morgan fingerprint density at radius 1 is 1.48 bits per heavy atom. The van der Waals surface area contributed by atoms with E-state index in [1.165, 1.54) is 11.8 Å². The zero-order chi connectivity index (χ0) is 15.4. The summed E-state index contributed by atoms with van der Waals surface area (Å²) in [5, 5.41) is 14.1. The van der Waals surface area contributed by atoms with Crippen molar-refractivity contribution in [1.29, 1.82) is 0 Å². The summed E-state index contributed by atoms with van der Waals surface area (Å²) < 4.78 is 0. The van der Waals surface area contributed by atoms with E-state index in [2.05, 4.69) is 10.6 Å². The van der Waals surface area contributed by atoms with Crippen molar-refractivity contribution in [2.75, 3.05) is 11.1 Å². The van der Waals surface area contributed by atoms with Crippen LogP contribution in [0.5, 0.6) is 0 Å². The first-order valence-corrected chi connectivity index (χ1v) is 7.53. The molecule has 0 saturated carbocycles. The lowest BCUT2D eigenvalue weighted by Crippen LogP contribution is -2.33. The number of hydrogen-bond donors (Lipinski definition) is 3. The number of carbonyl (C=O) groups is 3. The number of anilines is 1. The summed E-state index contributed by atoms with van der Waals surface area (Å²) in [6.07, 6.45) is 0.386. The van der Waals surface area contributed by atoms with E-state index in [1.807, 2.05) is 0 Å². The van der Waals surface area contributed by atoms with Gasteiger partial charge in [0.05, 0.1) is 11.4 Å². The van der Waals surface area contributed by atoms with Gasteiger partial charge < -0.3 is 15.7 Å². The maximum atomic E-state index is 12.1. The first-order chi connectivity index (χ1) is 9.95. The molecule has 2 rings (SSSR count). The number of amides is 2. The number of rotatable bonds is 5. The average molecular weight is 308 g/mol. The monoisotopic (exact) mass is 308 g/mol. The van der Waals surface area contributed by atoms with Gasteiger partial charge in [0.1, 0.15) is 0 Å². The number of carboxylic acid groups (broad SMARTS) is 1.